The molecule has 0 bridgehead atoms. The van der Waals surface area contributed by atoms with E-state index in [-0.39, 0.29) is 12.1 Å². The molecule has 2 aliphatic rings. The Bertz CT molecular complexity index is 333. The van der Waals surface area contributed by atoms with Crippen LogP contribution in [0.2, 0.25) is 0 Å². The highest BCUT2D eigenvalue weighted by molar-refractivity contribution is 5.08. The molecular weight excluding hydrogens is 180 g/mol. The lowest BCUT2D eigenvalue weighted by Crippen LogP contribution is -2.15. The predicted molar refractivity (Wildman–Crippen MR) is 49.7 cm³/mol. The SMILES string of the molecule is O[C@H]1CN[C@H](c2nc(C3CC3)n[nH]2)C1. The molecule has 1 saturated heterocycles. The van der Waals surface area contributed by atoms with Gasteiger partial charge in [-0.1, -0.05) is 0 Å². The maximum atomic E-state index is 9.36. The van der Waals surface area contributed by atoms with Crippen LogP contribution in [-0.2, 0) is 0 Å². The smallest absolute Gasteiger partial charge is 0.153 e. The van der Waals surface area contributed by atoms with Gasteiger partial charge in [0.05, 0.1) is 12.1 Å². The average molecular weight is 194 g/mol. The van der Waals surface area contributed by atoms with Crippen molar-refractivity contribution >= 4 is 0 Å². The van der Waals surface area contributed by atoms with Crippen LogP contribution in [0.25, 0.3) is 0 Å². The van der Waals surface area contributed by atoms with Gasteiger partial charge in [0, 0.05) is 12.5 Å². The Morgan fingerprint density at radius 3 is 2.86 bits per heavy atom. The zero-order valence-corrected chi connectivity index (χ0v) is 7.90. The third-order valence-corrected chi connectivity index (χ3v) is 2.90. The molecule has 0 aromatic carbocycles. The van der Waals surface area contributed by atoms with E-state index in [0.29, 0.717) is 12.5 Å². The molecule has 1 aliphatic carbocycles. The first kappa shape index (κ1) is 8.38. The number of β-amino-alcohol motifs (C(OH)–C–C–N with tert-alkyl or cyclic N) is 1. The Balaban J connectivity index is 1.75. The molecule has 2 fully saturated rings. The Morgan fingerprint density at radius 2 is 2.21 bits per heavy atom. The van der Waals surface area contributed by atoms with Crippen molar-refractivity contribution in [2.75, 3.05) is 6.54 Å². The third kappa shape index (κ3) is 1.42. The summed E-state index contributed by atoms with van der Waals surface area (Å²) in [4.78, 5) is 4.45. The van der Waals surface area contributed by atoms with Crippen molar-refractivity contribution in [3.8, 4) is 0 Å². The first-order chi connectivity index (χ1) is 6.83. The van der Waals surface area contributed by atoms with E-state index in [0.717, 1.165) is 18.1 Å². The van der Waals surface area contributed by atoms with Gasteiger partial charge in [-0.15, -0.1) is 0 Å². The van der Waals surface area contributed by atoms with Gasteiger partial charge in [0.15, 0.2) is 5.82 Å². The van der Waals surface area contributed by atoms with Crippen molar-refractivity contribution in [3.63, 3.8) is 0 Å². The summed E-state index contributed by atoms with van der Waals surface area (Å²) in [6.07, 6.45) is 2.93. The summed E-state index contributed by atoms with van der Waals surface area (Å²) in [6, 6.07) is 0.157. The van der Waals surface area contributed by atoms with Crippen LogP contribution in [0.1, 0.15) is 42.9 Å². The quantitative estimate of drug-likeness (QED) is 0.623. The highest BCUT2D eigenvalue weighted by Gasteiger charge is 2.30. The molecule has 2 heterocycles. The molecule has 76 valence electrons. The minimum atomic E-state index is -0.241. The van der Waals surface area contributed by atoms with E-state index in [4.69, 9.17) is 0 Å². The van der Waals surface area contributed by atoms with Crippen molar-refractivity contribution in [2.45, 2.75) is 37.3 Å². The number of aromatic nitrogens is 3. The Kier molecular flexibility index (Phi) is 1.81. The third-order valence-electron chi connectivity index (χ3n) is 2.90. The minimum Gasteiger partial charge on any atom is -0.392 e. The van der Waals surface area contributed by atoms with Crippen molar-refractivity contribution < 1.29 is 5.11 Å². The fraction of sp³-hybridized carbons (Fsp3) is 0.778. The number of H-pyrrole nitrogens is 1. The van der Waals surface area contributed by atoms with Gasteiger partial charge in [-0.05, 0) is 19.3 Å². The summed E-state index contributed by atoms with van der Waals surface area (Å²) < 4.78 is 0. The highest BCUT2D eigenvalue weighted by atomic mass is 16.3. The maximum Gasteiger partial charge on any atom is 0.153 e. The van der Waals surface area contributed by atoms with Crippen molar-refractivity contribution in [3.05, 3.63) is 11.6 Å². The van der Waals surface area contributed by atoms with E-state index in [9.17, 15) is 5.11 Å². The van der Waals surface area contributed by atoms with Gasteiger partial charge in [0.1, 0.15) is 5.82 Å². The minimum absolute atomic E-state index is 0.157. The van der Waals surface area contributed by atoms with Crippen LogP contribution >= 0.6 is 0 Å². The molecule has 1 aromatic heterocycles. The Morgan fingerprint density at radius 1 is 1.36 bits per heavy atom. The monoisotopic (exact) mass is 194 g/mol. The van der Waals surface area contributed by atoms with Gasteiger partial charge >= 0.3 is 0 Å². The molecule has 14 heavy (non-hydrogen) atoms. The zero-order valence-electron chi connectivity index (χ0n) is 7.90. The van der Waals surface area contributed by atoms with Gasteiger partial charge in [0.2, 0.25) is 0 Å². The summed E-state index contributed by atoms with van der Waals surface area (Å²) in [5.74, 6) is 2.41. The van der Waals surface area contributed by atoms with E-state index in [1.807, 2.05) is 0 Å². The number of aliphatic hydroxyl groups is 1. The van der Waals surface area contributed by atoms with Crippen LogP contribution in [0.15, 0.2) is 0 Å². The second kappa shape index (κ2) is 3.03. The number of aliphatic hydroxyl groups excluding tert-OH is 1. The van der Waals surface area contributed by atoms with E-state index in [1.165, 1.54) is 12.8 Å². The molecule has 0 unspecified atom stereocenters. The van der Waals surface area contributed by atoms with E-state index in [1.54, 1.807) is 0 Å². The fourth-order valence-corrected chi connectivity index (χ4v) is 1.89. The molecule has 1 aromatic rings. The number of nitrogens with one attached hydrogen (secondary N) is 2. The van der Waals surface area contributed by atoms with Crippen LogP contribution in [0.3, 0.4) is 0 Å². The number of rotatable bonds is 2. The van der Waals surface area contributed by atoms with Gasteiger partial charge in [-0.2, -0.15) is 5.10 Å². The van der Waals surface area contributed by atoms with Gasteiger partial charge in [-0.25, -0.2) is 4.98 Å². The normalized spacial score (nSPS) is 32.4. The van der Waals surface area contributed by atoms with Crippen LogP contribution < -0.4 is 5.32 Å². The molecule has 3 N–H and O–H groups in total. The van der Waals surface area contributed by atoms with Gasteiger partial charge in [0.25, 0.3) is 0 Å². The average Bonchev–Trinajstić information content (AvgIpc) is 2.76. The van der Waals surface area contributed by atoms with Crippen molar-refractivity contribution in [1.82, 2.24) is 20.5 Å². The largest absolute Gasteiger partial charge is 0.392 e. The second-order valence-corrected chi connectivity index (χ2v) is 4.20. The molecule has 5 heteroatoms. The molecule has 0 spiro atoms. The first-order valence-corrected chi connectivity index (χ1v) is 5.16. The van der Waals surface area contributed by atoms with Crippen molar-refractivity contribution in [1.29, 1.82) is 0 Å². The number of nitrogens with zero attached hydrogens (tertiary/aromatic N) is 2. The van der Waals surface area contributed by atoms with Gasteiger partial charge in [-0.3, -0.25) is 5.10 Å². The molecule has 1 saturated carbocycles. The molecule has 2 atom stereocenters. The predicted octanol–water partition coefficient (Wildman–Crippen LogP) is 0.0774. The summed E-state index contributed by atoms with van der Waals surface area (Å²) >= 11 is 0. The summed E-state index contributed by atoms with van der Waals surface area (Å²) in [5.41, 5.74) is 0. The molecule has 5 nitrogen and oxygen atoms in total. The van der Waals surface area contributed by atoms with Crippen LogP contribution in [0.4, 0.5) is 0 Å². The van der Waals surface area contributed by atoms with Crippen molar-refractivity contribution in [2.24, 2.45) is 0 Å². The van der Waals surface area contributed by atoms with E-state index < -0.39 is 0 Å². The van der Waals surface area contributed by atoms with Crippen LogP contribution in [0.5, 0.6) is 0 Å². The highest BCUT2D eigenvalue weighted by Crippen LogP contribution is 2.38. The number of aromatic amines is 1. The number of hydrogen-bond acceptors (Lipinski definition) is 4. The molecule has 3 rings (SSSR count). The Labute approximate surface area is 81.9 Å². The number of hydrogen-bond donors (Lipinski definition) is 3. The van der Waals surface area contributed by atoms with E-state index >= 15 is 0 Å². The van der Waals surface area contributed by atoms with E-state index in [2.05, 4.69) is 20.5 Å². The second-order valence-electron chi connectivity index (χ2n) is 4.20. The first-order valence-electron chi connectivity index (χ1n) is 5.16. The van der Waals surface area contributed by atoms with Crippen LogP contribution in [-0.4, -0.2) is 32.9 Å². The van der Waals surface area contributed by atoms with Gasteiger partial charge < -0.3 is 10.4 Å². The maximum absolute atomic E-state index is 9.36. The summed E-state index contributed by atoms with van der Waals surface area (Å²) in [6.45, 7) is 0.657. The summed E-state index contributed by atoms with van der Waals surface area (Å²) in [7, 11) is 0. The fourth-order valence-electron chi connectivity index (χ4n) is 1.89. The molecule has 0 radical (unpaired) electrons. The Hall–Kier alpha value is -0.940. The lowest BCUT2D eigenvalue weighted by atomic mass is 10.2. The lowest BCUT2D eigenvalue weighted by molar-refractivity contribution is 0.193. The standard InChI is InChI=1S/C9H14N4O/c14-6-3-7(10-4-6)9-11-8(12-13-9)5-1-2-5/h5-7,10,14H,1-4H2,(H,11,12,13)/t6-,7+/m1/s1. The summed E-state index contributed by atoms with van der Waals surface area (Å²) in [5, 5.41) is 19.7. The molecule has 1 aliphatic heterocycles. The molecular formula is C9H14N4O. The molecule has 0 amide bonds. The lowest BCUT2D eigenvalue weighted by Gasteiger charge is -2.03. The van der Waals surface area contributed by atoms with Crippen LogP contribution in [0, 0.1) is 0 Å². The topological polar surface area (TPSA) is 73.8 Å². The zero-order chi connectivity index (χ0) is 9.54.